The molecular formula is C12H15N3O. The van der Waals surface area contributed by atoms with Crippen molar-refractivity contribution in [2.75, 3.05) is 29.9 Å². The fourth-order valence-electron chi connectivity index (χ4n) is 2.32. The van der Waals surface area contributed by atoms with Gasteiger partial charge in [-0.3, -0.25) is 4.90 Å². The second-order valence-electron chi connectivity index (χ2n) is 4.26. The molecule has 0 saturated carbocycles. The van der Waals surface area contributed by atoms with Crippen molar-refractivity contribution in [2.24, 2.45) is 0 Å². The highest BCUT2D eigenvalue weighted by Gasteiger charge is 2.20. The van der Waals surface area contributed by atoms with E-state index in [1.807, 2.05) is 11.0 Å². The van der Waals surface area contributed by atoms with Gasteiger partial charge in [0.05, 0.1) is 0 Å². The summed E-state index contributed by atoms with van der Waals surface area (Å²) < 4.78 is 0. The molecular weight excluding hydrogens is 202 g/mol. The molecule has 0 aromatic heterocycles. The lowest BCUT2D eigenvalue weighted by atomic mass is 10.1. The standard InChI is InChI=1S/C12H15N3O/c16-12-14-5-1-7-15(12)10-3-2-9-4-6-13-11(9)8-10/h2-3,8,13H,1,4-7H2,(H,14,16). The van der Waals surface area contributed by atoms with Gasteiger partial charge in [-0.2, -0.15) is 0 Å². The van der Waals surface area contributed by atoms with Crippen molar-refractivity contribution in [3.63, 3.8) is 0 Å². The second kappa shape index (κ2) is 3.70. The first kappa shape index (κ1) is 9.51. The molecule has 4 nitrogen and oxygen atoms in total. The summed E-state index contributed by atoms with van der Waals surface area (Å²) in [6.45, 7) is 2.61. The molecule has 2 aliphatic rings. The Hall–Kier alpha value is -1.71. The number of carbonyl (C=O) groups is 1. The minimum absolute atomic E-state index is 0.0178. The maximum Gasteiger partial charge on any atom is 0.321 e. The van der Waals surface area contributed by atoms with Crippen LogP contribution >= 0.6 is 0 Å². The maximum atomic E-state index is 11.7. The number of anilines is 2. The molecule has 16 heavy (non-hydrogen) atoms. The molecule has 1 aromatic rings. The smallest absolute Gasteiger partial charge is 0.321 e. The summed E-state index contributed by atoms with van der Waals surface area (Å²) in [4.78, 5) is 13.5. The molecule has 0 spiro atoms. The van der Waals surface area contributed by atoms with Crippen LogP contribution in [-0.4, -0.2) is 25.7 Å². The summed E-state index contributed by atoms with van der Waals surface area (Å²) in [6.07, 6.45) is 2.10. The molecule has 0 unspecified atom stereocenters. The van der Waals surface area contributed by atoms with Gasteiger partial charge in [-0.1, -0.05) is 6.07 Å². The molecule has 2 amide bonds. The molecule has 0 bridgehead atoms. The van der Waals surface area contributed by atoms with Crippen LogP contribution in [0.3, 0.4) is 0 Å². The highest BCUT2D eigenvalue weighted by atomic mass is 16.2. The second-order valence-corrected chi connectivity index (χ2v) is 4.26. The molecule has 1 aromatic carbocycles. The summed E-state index contributed by atoms with van der Waals surface area (Å²) in [5.41, 5.74) is 3.52. The van der Waals surface area contributed by atoms with Crippen molar-refractivity contribution >= 4 is 17.4 Å². The minimum atomic E-state index is 0.0178. The van der Waals surface area contributed by atoms with Gasteiger partial charge in [-0.15, -0.1) is 0 Å². The SMILES string of the molecule is O=C1NCCCN1c1ccc2c(c1)NCC2. The molecule has 2 aliphatic heterocycles. The number of amides is 2. The predicted octanol–water partition coefficient (Wildman–Crippen LogP) is 1.57. The first-order valence-electron chi connectivity index (χ1n) is 5.77. The normalized spacial score (nSPS) is 19.0. The average Bonchev–Trinajstić information content (AvgIpc) is 2.76. The van der Waals surface area contributed by atoms with Gasteiger partial charge in [0, 0.05) is 31.0 Å². The maximum absolute atomic E-state index is 11.7. The van der Waals surface area contributed by atoms with Gasteiger partial charge in [0.1, 0.15) is 0 Å². The fourth-order valence-corrected chi connectivity index (χ4v) is 2.32. The number of carbonyl (C=O) groups excluding carboxylic acids is 1. The van der Waals surface area contributed by atoms with E-state index in [0.29, 0.717) is 0 Å². The zero-order valence-electron chi connectivity index (χ0n) is 9.12. The molecule has 0 radical (unpaired) electrons. The van der Waals surface area contributed by atoms with Crippen LogP contribution < -0.4 is 15.5 Å². The Morgan fingerprint density at radius 2 is 2.12 bits per heavy atom. The Bertz CT molecular complexity index is 430. The Kier molecular flexibility index (Phi) is 2.20. The molecule has 3 rings (SSSR count). The van der Waals surface area contributed by atoms with Gasteiger partial charge in [0.25, 0.3) is 0 Å². The van der Waals surface area contributed by atoms with E-state index >= 15 is 0 Å². The largest absolute Gasteiger partial charge is 0.384 e. The summed E-state index contributed by atoms with van der Waals surface area (Å²) in [5.74, 6) is 0. The van der Waals surface area contributed by atoms with Crippen LogP contribution in [0.4, 0.5) is 16.2 Å². The van der Waals surface area contributed by atoms with Gasteiger partial charge < -0.3 is 10.6 Å². The third kappa shape index (κ3) is 1.50. The van der Waals surface area contributed by atoms with Gasteiger partial charge in [-0.05, 0) is 30.5 Å². The van der Waals surface area contributed by atoms with E-state index < -0.39 is 0 Å². The lowest BCUT2D eigenvalue weighted by molar-refractivity contribution is 0.243. The van der Waals surface area contributed by atoms with E-state index in [0.717, 1.165) is 38.2 Å². The lowest BCUT2D eigenvalue weighted by Gasteiger charge is -2.27. The Balaban J connectivity index is 1.91. The van der Waals surface area contributed by atoms with Crippen molar-refractivity contribution in [3.05, 3.63) is 23.8 Å². The van der Waals surface area contributed by atoms with Gasteiger partial charge in [-0.25, -0.2) is 4.79 Å². The molecule has 4 heteroatoms. The van der Waals surface area contributed by atoms with Crippen LogP contribution in [0.1, 0.15) is 12.0 Å². The number of nitrogens with zero attached hydrogens (tertiary/aromatic N) is 1. The monoisotopic (exact) mass is 217 g/mol. The molecule has 2 heterocycles. The highest BCUT2D eigenvalue weighted by Crippen LogP contribution is 2.28. The molecule has 0 atom stereocenters. The van der Waals surface area contributed by atoms with Crippen molar-refractivity contribution in [1.82, 2.24) is 5.32 Å². The van der Waals surface area contributed by atoms with E-state index in [2.05, 4.69) is 22.8 Å². The Morgan fingerprint density at radius 3 is 3.00 bits per heavy atom. The number of hydrogen-bond acceptors (Lipinski definition) is 2. The van der Waals surface area contributed by atoms with E-state index in [9.17, 15) is 4.79 Å². The molecule has 1 fully saturated rings. The first-order valence-corrected chi connectivity index (χ1v) is 5.77. The average molecular weight is 217 g/mol. The topological polar surface area (TPSA) is 44.4 Å². The van der Waals surface area contributed by atoms with Crippen LogP contribution in [0.25, 0.3) is 0 Å². The van der Waals surface area contributed by atoms with Gasteiger partial charge in [0.15, 0.2) is 0 Å². The van der Waals surface area contributed by atoms with Crippen molar-refractivity contribution in [1.29, 1.82) is 0 Å². The number of fused-ring (bicyclic) bond motifs is 1. The van der Waals surface area contributed by atoms with E-state index in [1.165, 1.54) is 11.3 Å². The van der Waals surface area contributed by atoms with Crippen LogP contribution in [-0.2, 0) is 6.42 Å². The van der Waals surface area contributed by atoms with E-state index in [1.54, 1.807) is 0 Å². The predicted molar refractivity (Wildman–Crippen MR) is 64.0 cm³/mol. The van der Waals surface area contributed by atoms with Crippen molar-refractivity contribution in [3.8, 4) is 0 Å². The number of urea groups is 1. The van der Waals surface area contributed by atoms with Gasteiger partial charge in [0.2, 0.25) is 0 Å². The Morgan fingerprint density at radius 1 is 1.19 bits per heavy atom. The van der Waals surface area contributed by atoms with Gasteiger partial charge >= 0.3 is 6.03 Å². The highest BCUT2D eigenvalue weighted by molar-refractivity contribution is 5.93. The lowest BCUT2D eigenvalue weighted by Crippen LogP contribution is -2.46. The van der Waals surface area contributed by atoms with E-state index in [-0.39, 0.29) is 6.03 Å². The zero-order valence-corrected chi connectivity index (χ0v) is 9.12. The van der Waals surface area contributed by atoms with Crippen molar-refractivity contribution < 1.29 is 4.79 Å². The summed E-state index contributed by atoms with van der Waals surface area (Å²) in [7, 11) is 0. The van der Waals surface area contributed by atoms with Crippen LogP contribution in [0.15, 0.2) is 18.2 Å². The summed E-state index contributed by atoms with van der Waals surface area (Å²) in [6, 6.07) is 6.25. The Labute approximate surface area is 94.6 Å². The quantitative estimate of drug-likeness (QED) is 0.750. The van der Waals surface area contributed by atoms with Crippen LogP contribution in [0.5, 0.6) is 0 Å². The summed E-state index contributed by atoms with van der Waals surface area (Å²) in [5, 5.41) is 6.20. The van der Waals surface area contributed by atoms with Crippen LogP contribution in [0, 0.1) is 0 Å². The van der Waals surface area contributed by atoms with Crippen molar-refractivity contribution in [2.45, 2.75) is 12.8 Å². The first-order chi connectivity index (χ1) is 7.84. The molecule has 84 valence electrons. The fraction of sp³-hybridized carbons (Fsp3) is 0.417. The third-order valence-electron chi connectivity index (χ3n) is 3.19. The summed E-state index contributed by atoms with van der Waals surface area (Å²) >= 11 is 0. The molecule has 1 saturated heterocycles. The van der Waals surface area contributed by atoms with E-state index in [4.69, 9.17) is 0 Å². The zero-order chi connectivity index (χ0) is 11.0. The minimum Gasteiger partial charge on any atom is -0.384 e. The third-order valence-corrected chi connectivity index (χ3v) is 3.19. The number of rotatable bonds is 1. The number of hydrogen-bond donors (Lipinski definition) is 2. The molecule has 0 aliphatic carbocycles. The number of nitrogens with one attached hydrogen (secondary N) is 2. The van der Waals surface area contributed by atoms with Crippen LogP contribution in [0.2, 0.25) is 0 Å². The number of benzene rings is 1. The molecule has 2 N–H and O–H groups in total.